The van der Waals surface area contributed by atoms with Gasteiger partial charge in [0.05, 0.1) is 17.4 Å². The van der Waals surface area contributed by atoms with Crippen molar-refractivity contribution >= 4 is 11.6 Å². The van der Waals surface area contributed by atoms with Crippen molar-refractivity contribution in [3.05, 3.63) is 46.2 Å². The van der Waals surface area contributed by atoms with Crippen LogP contribution in [0.25, 0.3) is 5.65 Å². The normalized spacial score (nSPS) is 17.4. The van der Waals surface area contributed by atoms with E-state index in [0.29, 0.717) is 47.8 Å². The second-order valence-corrected chi connectivity index (χ2v) is 7.18. The standard InChI is InChI=1S/C19H20F3N5O2/c1-4-12-8-15(19(20,21)22)27-16(23-12)9-13(24-27)14-6-5-7-26(14)18(28)17-10(2)25-29-11(17)3/h8-9,14H,4-7H2,1-3H3. The summed E-state index contributed by atoms with van der Waals surface area (Å²) in [5.41, 5.74) is 0.875. The molecule has 10 heteroatoms. The van der Waals surface area contributed by atoms with Crippen LogP contribution in [0.15, 0.2) is 16.7 Å². The first-order valence-electron chi connectivity index (χ1n) is 9.41. The van der Waals surface area contributed by atoms with E-state index < -0.39 is 17.9 Å². The lowest BCUT2D eigenvalue weighted by atomic mass is 10.1. The molecule has 1 saturated heterocycles. The van der Waals surface area contributed by atoms with Gasteiger partial charge >= 0.3 is 6.18 Å². The minimum Gasteiger partial charge on any atom is -0.361 e. The smallest absolute Gasteiger partial charge is 0.361 e. The van der Waals surface area contributed by atoms with Gasteiger partial charge in [-0.1, -0.05) is 12.1 Å². The Morgan fingerprint density at radius 3 is 2.69 bits per heavy atom. The zero-order chi connectivity index (χ0) is 20.9. The third-order valence-corrected chi connectivity index (χ3v) is 5.25. The molecule has 1 amide bonds. The zero-order valence-electron chi connectivity index (χ0n) is 16.2. The summed E-state index contributed by atoms with van der Waals surface area (Å²) in [6.07, 6.45) is -2.84. The number of likely N-dealkylation sites (tertiary alicyclic amines) is 1. The fourth-order valence-corrected chi connectivity index (χ4v) is 3.84. The van der Waals surface area contributed by atoms with Crippen molar-refractivity contribution in [1.82, 2.24) is 24.7 Å². The minimum absolute atomic E-state index is 0.128. The highest BCUT2D eigenvalue weighted by atomic mass is 19.4. The summed E-state index contributed by atoms with van der Waals surface area (Å²) in [6, 6.07) is 2.13. The number of halogens is 3. The van der Waals surface area contributed by atoms with Gasteiger partial charge in [-0.2, -0.15) is 18.3 Å². The van der Waals surface area contributed by atoms with E-state index in [2.05, 4.69) is 15.2 Å². The van der Waals surface area contributed by atoms with Crippen molar-refractivity contribution < 1.29 is 22.5 Å². The molecule has 1 aliphatic rings. The van der Waals surface area contributed by atoms with Crippen molar-refractivity contribution in [2.45, 2.75) is 52.3 Å². The molecular formula is C19H20F3N5O2. The topological polar surface area (TPSA) is 76.5 Å². The number of amides is 1. The van der Waals surface area contributed by atoms with Gasteiger partial charge in [0.1, 0.15) is 17.0 Å². The van der Waals surface area contributed by atoms with Crippen LogP contribution in [0.1, 0.15) is 64.7 Å². The van der Waals surface area contributed by atoms with Crippen LogP contribution < -0.4 is 0 Å². The molecule has 1 unspecified atom stereocenters. The molecule has 0 N–H and O–H groups in total. The van der Waals surface area contributed by atoms with Crippen molar-refractivity contribution in [1.29, 1.82) is 0 Å². The highest BCUT2D eigenvalue weighted by Crippen LogP contribution is 2.35. The number of rotatable bonds is 3. The summed E-state index contributed by atoms with van der Waals surface area (Å²) in [6.45, 7) is 5.58. The maximum absolute atomic E-state index is 13.5. The van der Waals surface area contributed by atoms with Crippen LogP contribution in [0.2, 0.25) is 0 Å². The zero-order valence-corrected chi connectivity index (χ0v) is 16.2. The summed E-state index contributed by atoms with van der Waals surface area (Å²) >= 11 is 0. The van der Waals surface area contributed by atoms with E-state index in [9.17, 15) is 18.0 Å². The number of aromatic nitrogens is 4. The fraction of sp³-hybridized carbons (Fsp3) is 0.474. The number of nitrogens with zero attached hydrogens (tertiary/aromatic N) is 5. The van der Waals surface area contributed by atoms with E-state index in [4.69, 9.17) is 4.52 Å². The van der Waals surface area contributed by atoms with Gasteiger partial charge in [0.25, 0.3) is 5.91 Å². The molecule has 0 bridgehead atoms. The lowest BCUT2D eigenvalue weighted by Crippen LogP contribution is -2.31. The van der Waals surface area contributed by atoms with Gasteiger partial charge in [-0.05, 0) is 39.2 Å². The molecule has 0 aliphatic carbocycles. The number of fused-ring (bicyclic) bond motifs is 1. The van der Waals surface area contributed by atoms with Crippen molar-refractivity contribution in [2.75, 3.05) is 6.54 Å². The van der Waals surface area contributed by atoms with E-state index >= 15 is 0 Å². The SMILES string of the molecule is CCc1cc(C(F)(F)F)n2nc(C3CCCN3C(=O)c3c(C)noc3C)cc2n1. The van der Waals surface area contributed by atoms with Gasteiger partial charge in [0.15, 0.2) is 5.65 Å². The monoisotopic (exact) mass is 407 g/mol. The first-order valence-corrected chi connectivity index (χ1v) is 9.41. The average molecular weight is 407 g/mol. The maximum Gasteiger partial charge on any atom is 0.433 e. The van der Waals surface area contributed by atoms with Crippen molar-refractivity contribution in [3.63, 3.8) is 0 Å². The Labute approximate surface area is 164 Å². The van der Waals surface area contributed by atoms with Crippen LogP contribution in [0.4, 0.5) is 13.2 Å². The summed E-state index contributed by atoms with van der Waals surface area (Å²) < 4.78 is 46.5. The predicted molar refractivity (Wildman–Crippen MR) is 96.4 cm³/mol. The second kappa shape index (κ2) is 6.85. The lowest BCUT2D eigenvalue weighted by molar-refractivity contribution is -0.142. The lowest BCUT2D eigenvalue weighted by Gasteiger charge is -2.23. The molecule has 154 valence electrons. The summed E-state index contributed by atoms with van der Waals surface area (Å²) in [5.74, 6) is 0.167. The van der Waals surface area contributed by atoms with E-state index in [1.165, 1.54) is 6.07 Å². The minimum atomic E-state index is -4.56. The van der Waals surface area contributed by atoms with Gasteiger partial charge in [0, 0.05) is 18.3 Å². The Morgan fingerprint density at radius 1 is 1.31 bits per heavy atom. The van der Waals surface area contributed by atoms with E-state index in [1.54, 1.807) is 25.7 Å². The molecule has 3 aromatic heterocycles. The van der Waals surface area contributed by atoms with Gasteiger partial charge < -0.3 is 9.42 Å². The van der Waals surface area contributed by atoms with E-state index in [1.807, 2.05) is 0 Å². The highest BCUT2D eigenvalue weighted by Gasteiger charge is 2.38. The van der Waals surface area contributed by atoms with Gasteiger partial charge in [-0.15, -0.1) is 0 Å². The molecular weight excluding hydrogens is 387 g/mol. The number of alkyl halides is 3. The molecule has 4 rings (SSSR count). The number of carbonyl (C=O) groups excluding carboxylic acids is 1. The molecule has 29 heavy (non-hydrogen) atoms. The Bertz CT molecular complexity index is 1070. The number of hydrogen-bond donors (Lipinski definition) is 0. The Morgan fingerprint density at radius 2 is 2.07 bits per heavy atom. The van der Waals surface area contributed by atoms with Gasteiger partial charge in [-0.3, -0.25) is 4.79 Å². The maximum atomic E-state index is 13.5. The number of aryl methyl sites for hydroxylation is 3. The molecule has 1 atom stereocenters. The predicted octanol–water partition coefficient (Wildman–Crippen LogP) is 3.89. The molecule has 0 spiro atoms. The number of hydrogen-bond acceptors (Lipinski definition) is 5. The highest BCUT2D eigenvalue weighted by molar-refractivity contribution is 5.96. The van der Waals surface area contributed by atoms with Crippen LogP contribution >= 0.6 is 0 Å². The molecule has 1 aliphatic heterocycles. The molecule has 0 saturated carbocycles. The van der Waals surface area contributed by atoms with E-state index in [0.717, 1.165) is 17.0 Å². The molecule has 3 aromatic rings. The van der Waals surface area contributed by atoms with Gasteiger partial charge in [-0.25, -0.2) is 9.50 Å². The van der Waals surface area contributed by atoms with Crippen molar-refractivity contribution in [3.8, 4) is 0 Å². The number of carbonyl (C=O) groups is 1. The first-order chi connectivity index (χ1) is 13.7. The third-order valence-electron chi connectivity index (χ3n) is 5.25. The van der Waals surface area contributed by atoms with Crippen molar-refractivity contribution in [2.24, 2.45) is 0 Å². The van der Waals surface area contributed by atoms with Crippen LogP contribution in [0.5, 0.6) is 0 Å². The second-order valence-electron chi connectivity index (χ2n) is 7.18. The summed E-state index contributed by atoms with van der Waals surface area (Å²) in [5, 5.41) is 8.02. The summed E-state index contributed by atoms with van der Waals surface area (Å²) in [7, 11) is 0. The summed E-state index contributed by atoms with van der Waals surface area (Å²) in [4.78, 5) is 19.0. The Kier molecular flexibility index (Phi) is 4.59. The molecule has 1 fully saturated rings. The third kappa shape index (κ3) is 3.26. The average Bonchev–Trinajstić information content (AvgIpc) is 3.37. The molecule has 0 radical (unpaired) electrons. The Balaban J connectivity index is 1.77. The van der Waals surface area contributed by atoms with Crippen LogP contribution in [-0.4, -0.2) is 37.1 Å². The van der Waals surface area contributed by atoms with Crippen LogP contribution in [0.3, 0.4) is 0 Å². The largest absolute Gasteiger partial charge is 0.433 e. The molecule has 4 heterocycles. The van der Waals surface area contributed by atoms with Crippen LogP contribution in [0, 0.1) is 13.8 Å². The molecule has 0 aromatic carbocycles. The van der Waals surface area contributed by atoms with Gasteiger partial charge in [0.2, 0.25) is 0 Å². The van der Waals surface area contributed by atoms with E-state index in [-0.39, 0.29) is 11.6 Å². The Hall–Kier alpha value is -2.91. The van der Waals surface area contributed by atoms with Crippen LogP contribution in [-0.2, 0) is 12.6 Å². The quantitative estimate of drug-likeness (QED) is 0.658. The molecule has 7 nitrogen and oxygen atoms in total. The first kappa shape index (κ1) is 19.4. The fourth-order valence-electron chi connectivity index (χ4n) is 3.84.